The first kappa shape index (κ1) is 12.2. The predicted octanol–water partition coefficient (Wildman–Crippen LogP) is 4.08. The molecule has 15 heavy (non-hydrogen) atoms. The molecule has 1 aromatic rings. The van der Waals surface area contributed by atoms with E-state index in [-0.39, 0.29) is 11.2 Å². The van der Waals surface area contributed by atoms with Crippen LogP contribution in [0.25, 0.3) is 0 Å². The Labute approximate surface area is 91.7 Å². The van der Waals surface area contributed by atoms with E-state index in [2.05, 4.69) is 25.8 Å². The van der Waals surface area contributed by atoms with Gasteiger partial charge < -0.3 is 0 Å². The van der Waals surface area contributed by atoms with Crippen molar-refractivity contribution in [2.75, 3.05) is 0 Å². The molecule has 0 aliphatic heterocycles. The molecule has 2 heteroatoms. The SMILES string of the molecule is CCCC(C)(CCC)c1cncc(F)c1. The van der Waals surface area contributed by atoms with Crippen LogP contribution in [0.2, 0.25) is 0 Å². The molecule has 0 saturated heterocycles. The average Bonchev–Trinajstić information content (AvgIpc) is 2.18. The van der Waals surface area contributed by atoms with Crippen molar-refractivity contribution in [1.82, 2.24) is 4.98 Å². The van der Waals surface area contributed by atoms with Crippen molar-refractivity contribution in [3.63, 3.8) is 0 Å². The van der Waals surface area contributed by atoms with Crippen molar-refractivity contribution in [3.05, 3.63) is 29.8 Å². The molecule has 0 spiro atoms. The molecular weight excluding hydrogens is 189 g/mol. The monoisotopic (exact) mass is 209 g/mol. The van der Waals surface area contributed by atoms with Crippen LogP contribution in [-0.4, -0.2) is 4.98 Å². The van der Waals surface area contributed by atoms with E-state index in [0.717, 1.165) is 31.2 Å². The van der Waals surface area contributed by atoms with E-state index in [9.17, 15) is 4.39 Å². The summed E-state index contributed by atoms with van der Waals surface area (Å²) in [5.41, 5.74) is 1.12. The van der Waals surface area contributed by atoms with Crippen molar-refractivity contribution in [2.45, 2.75) is 51.9 Å². The van der Waals surface area contributed by atoms with E-state index in [4.69, 9.17) is 0 Å². The minimum Gasteiger partial charge on any atom is -0.261 e. The lowest BCUT2D eigenvalue weighted by atomic mass is 9.76. The van der Waals surface area contributed by atoms with Crippen LogP contribution in [0.15, 0.2) is 18.5 Å². The predicted molar refractivity (Wildman–Crippen MR) is 61.4 cm³/mol. The van der Waals surface area contributed by atoms with Crippen LogP contribution in [0.4, 0.5) is 4.39 Å². The number of aromatic nitrogens is 1. The summed E-state index contributed by atoms with van der Waals surface area (Å²) in [6, 6.07) is 1.62. The third kappa shape index (κ3) is 3.01. The summed E-state index contributed by atoms with van der Waals surface area (Å²) in [7, 11) is 0. The Kier molecular flexibility index (Phi) is 4.25. The van der Waals surface area contributed by atoms with Crippen molar-refractivity contribution in [1.29, 1.82) is 0 Å². The lowest BCUT2D eigenvalue weighted by Gasteiger charge is -2.29. The average molecular weight is 209 g/mol. The van der Waals surface area contributed by atoms with Gasteiger partial charge >= 0.3 is 0 Å². The third-order valence-electron chi connectivity index (χ3n) is 3.01. The van der Waals surface area contributed by atoms with Gasteiger partial charge in [-0.3, -0.25) is 4.98 Å². The van der Waals surface area contributed by atoms with Crippen molar-refractivity contribution in [2.24, 2.45) is 0 Å². The molecule has 1 nitrogen and oxygen atoms in total. The highest BCUT2D eigenvalue weighted by Gasteiger charge is 2.25. The fourth-order valence-corrected chi connectivity index (χ4v) is 2.26. The minimum absolute atomic E-state index is 0.0819. The van der Waals surface area contributed by atoms with Gasteiger partial charge in [-0.1, -0.05) is 33.6 Å². The van der Waals surface area contributed by atoms with Crippen LogP contribution in [0.3, 0.4) is 0 Å². The Morgan fingerprint density at radius 1 is 1.20 bits per heavy atom. The number of hydrogen-bond acceptors (Lipinski definition) is 1. The van der Waals surface area contributed by atoms with Gasteiger partial charge in [0.15, 0.2) is 0 Å². The normalized spacial score (nSPS) is 11.7. The molecule has 0 bridgehead atoms. The van der Waals surface area contributed by atoms with Crippen molar-refractivity contribution < 1.29 is 4.39 Å². The summed E-state index contributed by atoms with van der Waals surface area (Å²) in [5.74, 6) is -0.231. The zero-order valence-corrected chi connectivity index (χ0v) is 9.89. The van der Waals surface area contributed by atoms with Gasteiger partial charge in [0.1, 0.15) is 5.82 Å². The van der Waals surface area contributed by atoms with Gasteiger partial charge in [0.25, 0.3) is 0 Å². The Bertz CT molecular complexity index is 303. The summed E-state index contributed by atoms with van der Waals surface area (Å²) < 4.78 is 13.1. The molecule has 1 heterocycles. The number of pyridine rings is 1. The maximum Gasteiger partial charge on any atom is 0.141 e. The lowest BCUT2D eigenvalue weighted by molar-refractivity contribution is 0.388. The topological polar surface area (TPSA) is 12.9 Å². The summed E-state index contributed by atoms with van der Waals surface area (Å²) >= 11 is 0. The van der Waals surface area contributed by atoms with E-state index >= 15 is 0 Å². The Morgan fingerprint density at radius 3 is 2.27 bits per heavy atom. The molecule has 0 aliphatic rings. The first-order valence-corrected chi connectivity index (χ1v) is 5.73. The van der Waals surface area contributed by atoms with E-state index in [1.165, 1.54) is 6.20 Å². The van der Waals surface area contributed by atoms with E-state index in [0.29, 0.717) is 0 Å². The molecular formula is C13H20FN. The van der Waals surface area contributed by atoms with Gasteiger partial charge in [-0.2, -0.15) is 0 Å². The second kappa shape index (κ2) is 5.24. The highest BCUT2D eigenvalue weighted by molar-refractivity contribution is 5.21. The van der Waals surface area contributed by atoms with E-state index in [1.54, 1.807) is 12.3 Å². The quantitative estimate of drug-likeness (QED) is 0.712. The highest BCUT2D eigenvalue weighted by Crippen LogP contribution is 2.33. The summed E-state index contributed by atoms with van der Waals surface area (Å²) in [4.78, 5) is 3.94. The second-order valence-corrected chi connectivity index (χ2v) is 4.45. The molecule has 1 rings (SSSR count). The second-order valence-electron chi connectivity index (χ2n) is 4.45. The Morgan fingerprint density at radius 2 is 1.80 bits per heavy atom. The molecule has 0 unspecified atom stereocenters. The van der Waals surface area contributed by atoms with E-state index < -0.39 is 0 Å². The largest absolute Gasteiger partial charge is 0.261 e. The molecule has 0 N–H and O–H groups in total. The standard InChI is InChI=1S/C13H20FN/c1-4-6-13(3,7-5-2)11-8-12(14)10-15-9-11/h8-10H,4-7H2,1-3H3. The molecule has 0 saturated carbocycles. The van der Waals surface area contributed by atoms with Crippen LogP contribution in [-0.2, 0) is 5.41 Å². The Hall–Kier alpha value is -0.920. The van der Waals surface area contributed by atoms with Crippen LogP contribution >= 0.6 is 0 Å². The Balaban J connectivity index is 2.97. The maximum absolute atomic E-state index is 13.1. The van der Waals surface area contributed by atoms with Crippen molar-refractivity contribution in [3.8, 4) is 0 Å². The van der Waals surface area contributed by atoms with Gasteiger partial charge in [-0.05, 0) is 29.9 Å². The third-order valence-corrected chi connectivity index (χ3v) is 3.01. The summed E-state index contributed by atoms with van der Waals surface area (Å²) in [6.45, 7) is 6.54. The first-order chi connectivity index (χ1) is 7.12. The lowest BCUT2D eigenvalue weighted by Crippen LogP contribution is -2.21. The van der Waals surface area contributed by atoms with Crippen LogP contribution in [0.1, 0.15) is 52.0 Å². The molecule has 0 aromatic carbocycles. The van der Waals surface area contributed by atoms with Crippen LogP contribution < -0.4 is 0 Å². The van der Waals surface area contributed by atoms with Gasteiger partial charge in [-0.25, -0.2) is 4.39 Å². The van der Waals surface area contributed by atoms with Crippen LogP contribution in [0.5, 0.6) is 0 Å². The first-order valence-electron chi connectivity index (χ1n) is 5.73. The smallest absolute Gasteiger partial charge is 0.141 e. The minimum atomic E-state index is -0.231. The number of rotatable bonds is 5. The zero-order chi connectivity index (χ0) is 11.3. The van der Waals surface area contributed by atoms with Crippen molar-refractivity contribution >= 4 is 0 Å². The number of hydrogen-bond donors (Lipinski definition) is 0. The maximum atomic E-state index is 13.1. The number of halogens is 1. The number of nitrogens with zero attached hydrogens (tertiary/aromatic N) is 1. The fraction of sp³-hybridized carbons (Fsp3) is 0.615. The molecule has 0 aliphatic carbocycles. The van der Waals surface area contributed by atoms with Gasteiger partial charge in [0.05, 0.1) is 6.20 Å². The summed E-state index contributed by atoms with van der Waals surface area (Å²) in [5, 5.41) is 0. The molecule has 0 fully saturated rings. The molecule has 1 aromatic heterocycles. The molecule has 0 atom stereocenters. The van der Waals surface area contributed by atoms with E-state index in [1.807, 2.05) is 0 Å². The van der Waals surface area contributed by atoms with Gasteiger partial charge in [-0.15, -0.1) is 0 Å². The zero-order valence-electron chi connectivity index (χ0n) is 9.89. The van der Waals surface area contributed by atoms with Crippen LogP contribution in [0, 0.1) is 5.82 Å². The molecule has 0 amide bonds. The van der Waals surface area contributed by atoms with Gasteiger partial charge in [0, 0.05) is 6.20 Å². The van der Waals surface area contributed by atoms with Gasteiger partial charge in [0.2, 0.25) is 0 Å². The fourth-order valence-electron chi connectivity index (χ4n) is 2.26. The summed E-state index contributed by atoms with van der Waals surface area (Å²) in [6.07, 6.45) is 7.48. The highest BCUT2D eigenvalue weighted by atomic mass is 19.1. The molecule has 0 radical (unpaired) electrons. The molecule has 84 valence electrons.